The molecule has 5 heteroatoms. The van der Waals surface area contributed by atoms with Crippen LogP contribution in [-0.4, -0.2) is 19.1 Å². The van der Waals surface area contributed by atoms with Gasteiger partial charge in [0.25, 0.3) is 0 Å². The zero-order chi connectivity index (χ0) is 11.9. The van der Waals surface area contributed by atoms with Crippen LogP contribution in [0.1, 0.15) is 13.3 Å². The van der Waals surface area contributed by atoms with E-state index in [9.17, 15) is 4.79 Å². The van der Waals surface area contributed by atoms with E-state index in [0.717, 1.165) is 0 Å². The summed E-state index contributed by atoms with van der Waals surface area (Å²) in [5.41, 5.74) is 0.617. The van der Waals surface area contributed by atoms with E-state index < -0.39 is 0 Å². The average Bonchev–Trinajstić information content (AvgIpc) is 2.29. The number of ether oxygens (including phenoxy) is 1. The lowest BCUT2D eigenvalue weighted by Crippen LogP contribution is -2.27. The normalized spacial score (nSPS) is 20.1. The fourth-order valence-corrected chi connectivity index (χ4v) is 2.20. The van der Waals surface area contributed by atoms with Gasteiger partial charge >= 0.3 is 0 Å². The molecule has 1 aromatic carbocycles. The summed E-state index contributed by atoms with van der Waals surface area (Å²) in [7, 11) is 1.69. The van der Waals surface area contributed by atoms with Gasteiger partial charge in [-0.05, 0) is 19.1 Å². The predicted molar refractivity (Wildman–Crippen MR) is 64.6 cm³/mol. The fourth-order valence-electron chi connectivity index (χ4n) is 1.67. The molecule has 0 saturated carbocycles. The van der Waals surface area contributed by atoms with E-state index in [1.165, 1.54) is 4.90 Å². The summed E-state index contributed by atoms with van der Waals surface area (Å²) in [5.74, 6) is 0.511. The highest BCUT2D eigenvalue weighted by molar-refractivity contribution is 6.36. The topological polar surface area (TPSA) is 29.5 Å². The second-order valence-corrected chi connectivity index (χ2v) is 4.66. The Morgan fingerprint density at radius 3 is 2.81 bits per heavy atom. The zero-order valence-corrected chi connectivity index (χ0v) is 10.5. The van der Waals surface area contributed by atoms with Crippen molar-refractivity contribution in [3.05, 3.63) is 22.2 Å². The van der Waals surface area contributed by atoms with Crippen LogP contribution in [0.4, 0.5) is 5.69 Å². The molecule has 3 nitrogen and oxygen atoms in total. The highest BCUT2D eigenvalue weighted by Crippen LogP contribution is 2.40. The second-order valence-electron chi connectivity index (χ2n) is 3.82. The van der Waals surface area contributed by atoms with E-state index in [0.29, 0.717) is 27.9 Å². The average molecular weight is 260 g/mol. The molecular formula is C11H11Cl2NO2. The smallest absolute Gasteiger partial charge is 0.230 e. The lowest BCUT2D eigenvalue weighted by molar-refractivity contribution is -0.119. The Labute approximate surface area is 104 Å². The van der Waals surface area contributed by atoms with Crippen LogP contribution in [-0.2, 0) is 4.79 Å². The monoisotopic (exact) mass is 259 g/mol. The SMILES string of the molecule is CC1CC(=O)N(C)c2cc(Cl)cc(Cl)c2O1. The van der Waals surface area contributed by atoms with Crippen LogP contribution in [0.2, 0.25) is 10.0 Å². The van der Waals surface area contributed by atoms with Crippen LogP contribution in [0, 0.1) is 0 Å². The molecule has 0 N–H and O–H groups in total. The summed E-state index contributed by atoms with van der Waals surface area (Å²) in [6.07, 6.45) is 0.147. The molecule has 1 heterocycles. The molecule has 2 rings (SSSR count). The quantitative estimate of drug-likeness (QED) is 0.717. The molecule has 0 bridgehead atoms. The van der Waals surface area contributed by atoms with Crippen LogP contribution in [0.25, 0.3) is 0 Å². The number of carbonyl (C=O) groups is 1. The highest BCUT2D eigenvalue weighted by Gasteiger charge is 2.26. The largest absolute Gasteiger partial charge is 0.486 e. The maximum absolute atomic E-state index is 11.8. The predicted octanol–water partition coefficient (Wildman–Crippen LogP) is 3.13. The molecule has 86 valence electrons. The van der Waals surface area contributed by atoms with E-state index in [4.69, 9.17) is 27.9 Å². The summed E-state index contributed by atoms with van der Waals surface area (Å²) in [4.78, 5) is 13.3. The molecule has 0 radical (unpaired) electrons. The number of halogens is 2. The standard InChI is InChI=1S/C11H11Cl2NO2/c1-6-3-10(15)14(2)9-5-7(12)4-8(13)11(9)16-6/h4-6H,3H2,1-2H3. The van der Waals surface area contributed by atoms with Gasteiger partial charge in [0.2, 0.25) is 5.91 Å². The van der Waals surface area contributed by atoms with Gasteiger partial charge < -0.3 is 9.64 Å². The van der Waals surface area contributed by atoms with Crippen molar-refractivity contribution in [1.82, 2.24) is 0 Å². The van der Waals surface area contributed by atoms with Crippen molar-refractivity contribution in [2.24, 2.45) is 0 Å². The van der Waals surface area contributed by atoms with Crippen molar-refractivity contribution >= 4 is 34.8 Å². The van der Waals surface area contributed by atoms with Crippen LogP contribution in [0.5, 0.6) is 5.75 Å². The van der Waals surface area contributed by atoms with Crippen molar-refractivity contribution in [1.29, 1.82) is 0 Å². The van der Waals surface area contributed by atoms with E-state index in [1.54, 1.807) is 19.2 Å². The number of amides is 1. The molecule has 1 atom stereocenters. The van der Waals surface area contributed by atoms with Gasteiger partial charge in [0.1, 0.15) is 6.10 Å². The van der Waals surface area contributed by atoms with Gasteiger partial charge in [0.05, 0.1) is 17.1 Å². The Bertz CT molecular complexity index is 448. The first kappa shape index (κ1) is 11.6. The molecule has 1 aromatic rings. The van der Waals surface area contributed by atoms with E-state index in [1.807, 2.05) is 6.92 Å². The number of fused-ring (bicyclic) bond motifs is 1. The van der Waals surface area contributed by atoms with Gasteiger partial charge in [-0.1, -0.05) is 23.2 Å². The number of benzene rings is 1. The van der Waals surface area contributed by atoms with Gasteiger partial charge in [-0.25, -0.2) is 0 Å². The van der Waals surface area contributed by atoms with Crippen LogP contribution in [0.3, 0.4) is 0 Å². The lowest BCUT2D eigenvalue weighted by atomic mass is 10.2. The molecule has 0 aromatic heterocycles. The van der Waals surface area contributed by atoms with Gasteiger partial charge in [-0.2, -0.15) is 0 Å². The maximum atomic E-state index is 11.8. The Morgan fingerprint density at radius 2 is 2.12 bits per heavy atom. The van der Waals surface area contributed by atoms with Crippen molar-refractivity contribution in [3.63, 3.8) is 0 Å². The number of rotatable bonds is 0. The molecular weight excluding hydrogens is 249 g/mol. The number of carbonyl (C=O) groups excluding carboxylic acids is 1. The number of hydrogen-bond donors (Lipinski definition) is 0. The Kier molecular flexibility index (Phi) is 3.00. The first-order valence-electron chi connectivity index (χ1n) is 4.91. The van der Waals surface area contributed by atoms with Gasteiger partial charge in [0.15, 0.2) is 5.75 Å². The van der Waals surface area contributed by atoms with Gasteiger partial charge in [-0.3, -0.25) is 4.79 Å². The first-order chi connectivity index (χ1) is 7.49. The molecule has 1 unspecified atom stereocenters. The van der Waals surface area contributed by atoms with Gasteiger partial charge in [0, 0.05) is 12.1 Å². The van der Waals surface area contributed by atoms with Gasteiger partial charge in [-0.15, -0.1) is 0 Å². The van der Waals surface area contributed by atoms with E-state index in [-0.39, 0.29) is 12.0 Å². The van der Waals surface area contributed by atoms with Crippen LogP contribution >= 0.6 is 23.2 Å². The minimum atomic E-state index is -0.185. The Hall–Kier alpha value is -0.930. The summed E-state index contributed by atoms with van der Waals surface area (Å²) >= 11 is 12.0. The molecule has 1 amide bonds. The third-order valence-electron chi connectivity index (χ3n) is 2.51. The van der Waals surface area contributed by atoms with E-state index in [2.05, 4.69) is 0 Å². The molecule has 1 aliphatic rings. The van der Waals surface area contributed by atoms with Crippen molar-refractivity contribution < 1.29 is 9.53 Å². The summed E-state index contributed by atoms with van der Waals surface area (Å²) < 4.78 is 5.63. The molecule has 0 spiro atoms. The minimum Gasteiger partial charge on any atom is -0.486 e. The minimum absolute atomic E-state index is 0.00965. The molecule has 0 aliphatic carbocycles. The number of anilines is 1. The number of nitrogens with zero attached hydrogens (tertiary/aromatic N) is 1. The summed E-state index contributed by atoms with van der Waals surface area (Å²) in [6.45, 7) is 1.84. The maximum Gasteiger partial charge on any atom is 0.230 e. The number of hydrogen-bond acceptors (Lipinski definition) is 2. The third kappa shape index (κ3) is 1.97. The van der Waals surface area contributed by atoms with Crippen molar-refractivity contribution in [2.45, 2.75) is 19.4 Å². The van der Waals surface area contributed by atoms with E-state index >= 15 is 0 Å². The third-order valence-corrected chi connectivity index (χ3v) is 3.00. The van der Waals surface area contributed by atoms with Crippen molar-refractivity contribution in [2.75, 3.05) is 11.9 Å². The van der Waals surface area contributed by atoms with Crippen LogP contribution < -0.4 is 9.64 Å². The lowest BCUT2D eigenvalue weighted by Gasteiger charge is -2.17. The molecule has 1 aliphatic heterocycles. The highest BCUT2D eigenvalue weighted by atomic mass is 35.5. The van der Waals surface area contributed by atoms with Crippen LogP contribution in [0.15, 0.2) is 12.1 Å². The zero-order valence-electron chi connectivity index (χ0n) is 8.96. The summed E-state index contributed by atoms with van der Waals surface area (Å²) in [5, 5.41) is 0.914. The molecule has 16 heavy (non-hydrogen) atoms. The first-order valence-corrected chi connectivity index (χ1v) is 5.67. The Morgan fingerprint density at radius 1 is 1.44 bits per heavy atom. The van der Waals surface area contributed by atoms with Crippen molar-refractivity contribution in [3.8, 4) is 5.75 Å². The fraction of sp³-hybridized carbons (Fsp3) is 0.364. The Balaban J connectivity index is 2.59. The summed E-state index contributed by atoms with van der Waals surface area (Å²) in [6, 6.07) is 3.29. The molecule has 0 fully saturated rings. The second kappa shape index (κ2) is 4.15. The molecule has 0 saturated heterocycles.